The Kier molecular flexibility index (Phi) is 3.54. The maximum Gasteiger partial charge on any atom is 0.359 e. The zero-order chi connectivity index (χ0) is 11.4. The maximum absolute atomic E-state index is 13.1. The number of Topliss-reactive ketones (excluding diaryl/α,β-unsaturated/α-hetero) is 1. The van der Waals surface area contributed by atoms with E-state index in [1.807, 2.05) is 0 Å². The molecule has 1 aromatic heterocycles. The molecule has 0 spiro atoms. The van der Waals surface area contributed by atoms with Crippen LogP contribution in [0.2, 0.25) is 0 Å². The number of esters is 1. The molecule has 0 N–H and O–H groups in total. The number of ether oxygens (including phenoxy) is 1. The van der Waals surface area contributed by atoms with Crippen molar-refractivity contribution in [2.75, 3.05) is 6.61 Å². The largest absolute Gasteiger partial charge is 0.461 e. The SMILES string of the molecule is CCOC(=O)c1c(F)cnn1CC(C)=O. The van der Waals surface area contributed by atoms with Gasteiger partial charge in [-0.3, -0.25) is 4.79 Å². The molecule has 0 radical (unpaired) electrons. The zero-order valence-corrected chi connectivity index (χ0v) is 8.49. The van der Waals surface area contributed by atoms with E-state index in [-0.39, 0.29) is 24.6 Å². The Morgan fingerprint density at radius 2 is 2.27 bits per heavy atom. The van der Waals surface area contributed by atoms with Gasteiger partial charge in [0.05, 0.1) is 12.8 Å². The van der Waals surface area contributed by atoms with Gasteiger partial charge in [-0.15, -0.1) is 0 Å². The van der Waals surface area contributed by atoms with Crippen LogP contribution in [0, 0.1) is 5.82 Å². The molecule has 0 atom stereocenters. The van der Waals surface area contributed by atoms with Crippen LogP contribution < -0.4 is 0 Å². The molecule has 0 bridgehead atoms. The lowest BCUT2D eigenvalue weighted by Crippen LogP contribution is -2.17. The highest BCUT2D eigenvalue weighted by molar-refractivity contribution is 5.88. The minimum absolute atomic E-state index is 0.141. The quantitative estimate of drug-likeness (QED) is 0.695. The van der Waals surface area contributed by atoms with Gasteiger partial charge in [-0.1, -0.05) is 0 Å². The highest BCUT2D eigenvalue weighted by atomic mass is 19.1. The van der Waals surface area contributed by atoms with E-state index in [1.165, 1.54) is 6.92 Å². The summed E-state index contributed by atoms with van der Waals surface area (Å²) >= 11 is 0. The van der Waals surface area contributed by atoms with Crippen molar-refractivity contribution in [1.82, 2.24) is 9.78 Å². The van der Waals surface area contributed by atoms with Crippen molar-refractivity contribution in [2.24, 2.45) is 0 Å². The van der Waals surface area contributed by atoms with Crippen molar-refractivity contribution in [2.45, 2.75) is 20.4 Å². The summed E-state index contributed by atoms with van der Waals surface area (Å²) in [6, 6.07) is 0. The summed E-state index contributed by atoms with van der Waals surface area (Å²) in [4.78, 5) is 22.1. The number of aromatic nitrogens is 2. The predicted octanol–water partition coefficient (Wildman–Crippen LogP) is 0.788. The third-order valence-electron chi connectivity index (χ3n) is 1.64. The predicted molar refractivity (Wildman–Crippen MR) is 48.8 cm³/mol. The standard InChI is InChI=1S/C9H11FN2O3/c1-3-15-9(14)8-7(10)4-11-12(8)5-6(2)13/h4H,3,5H2,1-2H3. The van der Waals surface area contributed by atoms with Gasteiger partial charge < -0.3 is 4.74 Å². The van der Waals surface area contributed by atoms with Crippen molar-refractivity contribution in [3.05, 3.63) is 17.7 Å². The number of nitrogens with zero attached hydrogens (tertiary/aromatic N) is 2. The molecule has 0 aliphatic carbocycles. The van der Waals surface area contributed by atoms with Gasteiger partial charge in [-0.2, -0.15) is 5.10 Å². The van der Waals surface area contributed by atoms with E-state index in [2.05, 4.69) is 9.84 Å². The van der Waals surface area contributed by atoms with E-state index in [0.29, 0.717) is 0 Å². The van der Waals surface area contributed by atoms with Gasteiger partial charge in [0.25, 0.3) is 0 Å². The molecule has 0 aliphatic rings. The second kappa shape index (κ2) is 4.68. The lowest BCUT2D eigenvalue weighted by Gasteiger charge is -2.04. The van der Waals surface area contributed by atoms with E-state index in [1.54, 1.807) is 6.92 Å². The summed E-state index contributed by atoms with van der Waals surface area (Å²) in [7, 11) is 0. The molecule has 6 heteroatoms. The topological polar surface area (TPSA) is 61.2 Å². The first kappa shape index (κ1) is 11.4. The fourth-order valence-electron chi connectivity index (χ4n) is 1.10. The molecule has 82 valence electrons. The van der Waals surface area contributed by atoms with Crippen molar-refractivity contribution in [3.8, 4) is 0 Å². The van der Waals surface area contributed by atoms with Gasteiger partial charge in [-0.05, 0) is 13.8 Å². The van der Waals surface area contributed by atoms with Crippen LogP contribution in [0.5, 0.6) is 0 Å². The Bertz CT molecular complexity index is 387. The second-order valence-corrected chi connectivity index (χ2v) is 2.92. The van der Waals surface area contributed by atoms with E-state index in [0.717, 1.165) is 10.9 Å². The van der Waals surface area contributed by atoms with Crippen LogP contribution in [-0.2, 0) is 16.1 Å². The van der Waals surface area contributed by atoms with Crippen LogP contribution in [-0.4, -0.2) is 28.1 Å². The average Bonchev–Trinajstić information content (AvgIpc) is 2.46. The van der Waals surface area contributed by atoms with E-state index in [9.17, 15) is 14.0 Å². The Balaban J connectivity index is 2.98. The van der Waals surface area contributed by atoms with Crippen LogP contribution in [0.3, 0.4) is 0 Å². The third-order valence-corrected chi connectivity index (χ3v) is 1.64. The number of halogens is 1. The summed E-state index contributed by atoms with van der Waals surface area (Å²) < 4.78 is 18.8. The molecular formula is C9H11FN2O3. The Labute approximate surface area is 85.8 Å². The number of carbonyl (C=O) groups is 2. The van der Waals surface area contributed by atoms with Crippen LogP contribution in [0.4, 0.5) is 4.39 Å². The molecule has 0 aliphatic heterocycles. The fourth-order valence-corrected chi connectivity index (χ4v) is 1.10. The second-order valence-electron chi connectivity index (χ2n) is 2.92. The third kappa shape index (κ3) is 2.61. The van der Waals surface area contributed by atoms with E-state index in [4.69, 9.17) is 0 Å². The van der Waals surface area contributed by atoms with Crippen LogP contribution >= 0.6 is 0 Å². The number of rotatable bonds is 4. The summed E-state index contributed by atoms with van der Waals surface area (Å²) in [6.45, 7) is 2.94. The fraction of sp³-hybridized carbons (Fsp3) is 0.444. The molecule has 1 aromatic rings. The average molecular weight is 214 g/mol. The van der Waals surface area contributed by atoms with E-state index >= 15 is 0 Å². The van der Waals surface area contributed by atoms with Crippen LogP contribution in [0.15, 0.2) is 6.20 Å². The summed E-state index contributed by atoms with van der Waals surface area (Å²) in [6.07, 6.45) is 0.884. The lowest BCUT2D eigenvalue weighted by molar-refractivity contribution is -0.117. The summed E-state index contributed by atoms with van der Waals surface area (Å²) in [5.41, 5.74) is -0.313. The van der Waals surface area contributed by atoms with Crippen molar-refractivity contribution >= 4 is 11.8 Å². The first-order valence-corrected chi connectivity index (χ1v) is 4.44. The van der Waals surface area contributed by atoms with Gasteiger partial charge in [0.15, 0.2) is 17.3 Å². The van der Waals surface area contributed by atoms with Crippen molar-refractivity contribution in [1.29, 1.82) is 0 Å². The molecule has 15 heavy (non-hydrogen) atoms. The first-order valence-electron chi connectivity index (χ1n) is 4.44. The van der Waals surface area contributed by atoms with Gasteiger partial charge in [-0.25, -0.2) is 13.9 Å². The monoisotopic (exact) mass is 214 g/mol. The number of carbonyl (C=O) groups excluding carboxylic acids is 2. The Morgan fingerprint density at radius 3 is 2.80 bits per heavy atom. The smallest absolute Gasteiger partial charge is 0.359 e. The number of hydrogen-bond acceptors (Lipinski definition) is 4. The molecule has 0 saturated heterocycles. The summed E-state index contributed by atoms with van der Waals surface area (Å²) in [5.74, 6) is -1.81. The van der Waals surface area contributed by atoms with Crippen LogP contribution in [0.25, 0.3) is 0 Å². The van der Waals surface area contributed by atoms with Gasteiger partial charge in [0.1, 0.15) is 6.54 Å². The lowest BCUT2D eigenvalue weighted by atomic mass is 10.4. The number of hydrogen-bond donors (Lipinski definition) is 0. The minimum atomic E-state index is -0.811. The molecule has 1 heterocycles. The first-order chi connectivity index (χ1) is 7.06. The highest BCUT2D eigenvalue weighted by Gasteiger charge is 2.20. The van der Waals surface area contributed by atoms with Gasteiger partial charge >= 0.3 is 5.97 Å². The normalized spacial score (nSPS) is 10.1. The van der Waals surface area contributed by atoms with Crippen LogP contribution in [0.1, 0.15) is 24.3 Å². The van der Waals surface area contributed by atoms with Gasteiger partial charge in [0.2, 0.25) is 0 Å². The van der Waals surface area contributed by atoms with E-state index < -0.39 is 11.8 Å². The van der Waals surface area contributed by atoms with Crippen molar-refractivity contribution in [3.63, 3.8) is 0 Å². The minimum Gasteiger partial charge on any atom is -0.461 e. The summed E-state index contributed by atoms with van der Waals surface area (Å²) in [5, 5.41) is 3.58. The Hall–Kier alpha value is -1.72. The van der Waals surface area contributed by atoms with Crippen molar-refractivity contribution < 1.29 is 18.7 Å². The molecule has 0 saturated carbocycles. The van der Waals surface area contributed by atoms with Gasteiger partial charge in [0, 0.05) is 0 Å². The molecule has 0 unspecified atom stereocenters. The number of ketones is 1. The Morgan fingerprint density at radius 1 is 1.60 bits per heavy atom. The highest BCUT2D eigenvalue weighted by Crippen LogP contribution is 2.08. The maximum atomic E-state index is 13.1. The zero-order valence-electron chi connectivity index (χ0n) is 8.49. The molecule has 0 aromatic carbocycles. The molecule has 0 fully saturated rings. The molecule has 5 nitrogen and oxygen atoms in total. The molecule has 1 rings (SSSR count). The molecular weight excluding hydrogens is 203 g/mol. The molecule has 0 amide bonds.